The molecule has 1 unspecified atom stereocenters. The summed E-state index contributed by atoms with van der Waals surface area (Å²) in [6.45, 7) is 7.62. The predicted molar refractivity (Wildman–Crippen MR) is 122 cm³/mol. The summed E-state index contributed by atoms with van der Waals surface area (Å²) in [7, 11) is -3.75. The largest absolute Gasteiger partial charge is 0.326 e. The lowest BCUT2D eigenvalue weighted by molar-refractivity contribution is -0.117. The van der Waals surface area contributed by atoms with E-state index in [4.69, 9.17) is 0 Å². The molecule has 8 heteroatoms. The number of carbonyl (C=O) groups excluding carboxylic acids is 2. The van der Waals surface area contributed by atoms with E-state index in [0.29, 0.717) is 18.0 Å². The van der Waals surface area contributed by atoms with Crippen LogP contribution < -0.4 is 14.9 Å². The van der Waals surface area contributed by atoms with E-state index in [2.05, 4.69) is 23.9 Å². The Labute approximate surface area is 183 Å². The highest BCUT2D eigenvalue weighted by Crippen LogP contribution is 2.33. The summed E-state index contributed by atoms with van der Waals surface area (Å²) in [5.74, 6) is 0.0804. The van der Waals surface area contributed by atoms with Crippen molar-refractivity contribution in [3.8, 4) is 0 Å². The molecule has 0 aliphatic carbocycles. The van der Waals surface area contributed by atoms with Gasteiger partial charge in [-0.05, 0) is 60.7 Å². The lowest BCUT2D eigenvalue weighted by Gasteiger charge is -2.20. The van der Waals surface area contributed by atoms with Crippen molar-refractivity contribution in [2.24, 2.45) is 0 Å². The highest BCUT2D eigenvalue weighted by Gasteiger charge is 2.30. The van der Waals surface area contributed by atoms with E-state index < -0.39 is 10.0 Å². The van der Waals surface area contributed by atoms with Crippen LogP contribution in [0.25, 0.3) is 0 Å². The van der Waals surface area contributed by atoms with Crippen LogP contribution in [-0.4, -0.2) is 32.8 Å². The van der Waals surface area contributed by atoms with Crippen LogP contribution in [0.5, 0.6) is 0 Å². The molecule has 0 fully saturated rings. The van der Waals surface area contributed by atoms with Gasteiger partial charge < -0.3 is 10.2 Å². The maximum atomic E-state index is 12.6. The zero-order valence-corrected chi connectivity index (χ0v) is 19.1. The summed E-state index contributed by atoms with van der Waals surface area (Å²) < 4.78 is 27.8. The molecule has 3 rings (SSSR count). The van der Waals surface area contributed by atoms with Crippen LogP contribution in [0.4, 0.5) is 11.4 Å². The first-order valence-electron chi connectivity index (χ1n) is 10.4. The minimum Gasteiger partial charge on any atom is -0.326 e. The summed E-state index contributed by atoms with van der Waals surface area (Å²) in [5, 5.41) is 2.78. The van der Waals surface area contributed by atoms with Gasteiger partial charge in [-0.25, -0.2) is 13.1 Å². The van der Waals surface area contributed by atoms with E-state index >= 15 is 0 Å². The first-order valence-corrected chi connectivity index (χ1v) is 11.9. The molecule has 2 amide bonds. The first kappa shape index (κ1) is 23.0. The lowest BCUT2D eigenvalue weighted by Crippen LogP contribution is -2.33. The quantitative estimate of drug-likeness (QED) is 0.685. The Kier molecular flexibility index (Phi) is 6.81. The molecule has 0 bridgehead atoms. The van der Waals surface area contributed by atoms with Crippen molar-refractivity contribution in [3.63, 3.8) is 0 Å². The van der Waals surface area contributed by atoms with Gasteiger partial charge in [0, 0.05) is 37.3 Å². The molecular formula is C23H29N3O4S. The number of rotatable bonds is 7. The monoisotopic (exact) mass is 443 g/mol. The van der Waals surface area contributed by atoms with Crippen LogP contribution in [0, 0.1) is 0 Å². The molecule has 1 aliphatic heterocycles. The van der Waals surface area contributed by atoms with Gasteiger partial charge >= 0.3 is 0 Å². The predicted octanol–water partition coefficient (Wildman–Crippen LogP) is 3.41. The normalized spacial score (nSPS) is 15.8. The van der Waals surface area contributed by atoms with Crippen LogP contribution in [0.15, 0.2) is 47.4 Å². The van der Waals surface area contributed by atoms with Gasteiger partial charge in [0.1, 0.15) is 0 Å². The van der Waals surface area contributed by atoms with Crippen LogP contribution >= 0.6 is 0 Å². The maximum absolute atomic E-state index is 12.6. The molecule has 2 aromatic carbocycles. The van der Waals surface area contributed by atoms with Gasteiger partial charge in [0.15, 0.2) is 0 Å². The Hall–Kier alpha value is -2.71. The number of amides is 2. The standard InChI is InChI=1S/C23H29N3O4S/c1-15(2)18-5-7-20(8-6-18)25-23(28)11-12-24-31(29,30)21-9-10-22-19(14-21)13-16(3)26(22)17(4)27/h5-10,14-16,24H,11-13H2,1-4H3,(H,25,28). The van der Waals surface area contributed by atoms with Crippen molar-refractivity contribution in [3.05, 3.63) is 53.6 Å². The van der Waals surface area contributed by atoms with E-state index in [1.807, 2.05) is 31.2 Å². The number of hydrogen-bond acceptors (Lipinski definition) is 4. The molecule has 0 radical (unpaired) electrons. The third-order valence-corrected chi connectivity index (χ3v) is 6.88. The molecule has 1 atom stereocenters. The molecule has 31 heavy (non-hydrogen) atoms. The second-order valence-electron chi connectivity index (χ2n) is 8.21. The van der Waals surface area contributed by atoms with Crippen molar-refractivity contribution in [1.29, 1.82) is 0 Å². The summed E-state index contributed by atoms with van der Waals surface area (Å²) in [6.07, 6.45) is 0.627. The number of nitrogens with one attached hydrogen (secondary N) is 2. The Bertz CT molecular complexity index is 1080. The number of sulfonamides is 1. The molecule has 0 saturated carbocycles. The van der Waals surface area contributed by atoms with E-state index in [-0.39, 0.29) is 35.7 Å². The van der Waals surface area contributed by atoms with Crippen LogP contribution in [0.3, 0.4) is 0 Å². The number of benzene rings is 2. The fourth-order valence-corrected chi connectivity index (χ4v) is 4.89. The molecule has 2 N–H and O–H groups in total. The average molecular weight is 444 g/mol. The molecule has 0 saturated heterocycles. The van der Waals surface area contributed by atoms with Gasteiger partial charge in [0.2, 0.25) is 21.8 Å². The van der Waals surface area contributed by atoms with E-state index in [1.165, 1.54) is 18.6 Å². The Morgan fingerprint density at radius 1 is 1.13 bits per heavy atom. The van der Waals surface area contributed by atoms with E-state index in [0.717, 1.165) is 11.3 Å². The number of hydrogen-bond donors (Lipinski definition) is 2. The third kappa shape index (κ3) is 5.32. The van der Waals surface area contributed by atoms with Crippen molar-refractivity contribution in [2.45, 2.75) is 57.4 Å². The molecule has 7 nitrogen and oxygen atoms in total. The van der Waals surface area contributed by atoms with Crippen molar-refractivity contribution >= 4 is 33.2 Å². The number of carbonyl (C=O) groups is 2. The van der Waals surface area contributed by atoms with Crippen LogP contribution in [0.1, 0.15) is 51.2 Å². The molecule has 1 aliphatic rings. The topological polar surface area (TPSA) is 95.6 Å². The lowest BCUT2D eigenvalue weighted by atomic mass is 10.0. The van der Waals surface area contributed by atoms with Crippen molar-refractivity contribution < 1.29 is 18.0 Å². The summed E-state index contributed by atoms with van der Waals surface area (Å²) in [5.41, 5.74) is 3.44. The third-order valence-electron chi connectivity index (χ3n) is 5.42. The highest BCUT2D eigenvalue weighted by atomic mass is 32.2. The Morgan fingerprint density at radius 2 is 1.81 bits per heavy atom. The fraction of sp³-hybridized carbons (Fsp3) is 0.391. The van der Waals surface area contributed by atoms with Gasteiger partial charge in [-0.15, -0.1) is 0 Å². The second kappa shape index (κ2) is 9.20. The summed E-state index contributed by atoms with van der Waals surface area (Å²) >= 11 is 0. The first-order chi connectivity index (χ1) is 14.6. The molecule has 1 heterocycles. The van der Waals surface area contributed by atoms with Crippen molar-refractivity contribution in [1.82, 2.24) is 4.72 Å². The fourth-order valence-electron chi connectivity index (χ4n) is 3.81. The van der Waals surface area contributed by atoms with E-state index in [9.17, 15) is 18.0 Å². The number of fused-ring (bicyclic) bond motifs is 1. The van der Waals surface area contributed by atoms with Crippen LogP contribution in [-0.2, 0) is 26.0 Å². The van der Waals surface area contributed by atoms with Gasteiger partial charge in [0.05, 0.1) is 4.90 Å². The number of anilines is 2. The number of nitrogens with zero attached hydrogens (tertiary/aromatic N) is 1. The summed E-state index contributed by atoms with van der Waals surface area (Å²) in [6, 6.07) is 12.4. The van der Waals surface area contributed by atoms with Gasteiger partial charge in [0.25, 0.3) is 0 Å². The van der Waals surface area contributed by atoms with Gasteiger partial charge in [-0.1, -0.05) is 26.0 Å². The molecule has 0 spiro atoms. The Morgan fingerprint density at radius 3 is 2.42 bits per heavy atom. The summed E-state index contributed by atoms with van der Waals surface area (Å²) in [4.78, 5) is 25.8. The molecule has 0 aromatic heterocycles. The highest BCUT2D eigenvalue weighted by molar-refractivity contribution is 7.89. The van der Waals surface area contributed by atoms with Gasteiger partial charge in [-0.2, -0.15) is 0 Å². The SMILES string of the molecule is CC(=O)N1c2ccc(S(=O)(=O)NCCC(=O)Nc3ccc(C(C)C)cc3)cc2CC1C. The minimum atomic E-state index is -3.75. The average Bonchev–Trinajstić information content (AvgIpc) is 3.03. The smallest absolute Gasteiger partial charge is 0.240 e. The molecule has 166 valence electrons. The zero-order chi connectivity index (χ0) is 22.8. The van der Waals surface area contributed by atoms with E-state index in [1.54, 1.807) is 17.0 Å². The minimum absolute atomic E-state index is 0.00304. The van der Waals surface area contributed by atoms with Gasteiger partial charge in [-0.3, -0.25) is 9.59 Å². The van der Waals surface area contributed by atoms with Crippen LogP contribution in [0.2, 0.25) is 0 Å². The van der Waals surface area contributed by atoms with Crippen molar-refractivity contribution in [2.75, 3.05) is 16.8 Å². The molecular weight excluding hydrogens is 414 g/mol. The maximum Gasteiger partial charge on any atom is 0.240 e. The second-order valence-corrected chi connectivity index (χ2v) is 9.97. The zero-order valence-electron chi connectivity index (χ0n) is 18.3. The Balaban J connectivity index is 1.57. The molecule has 2 aromatic rings.